The minimum atomic E-state index is -0.310. The smallest absolute Gasteiger partial charge is 0.239 e. The van der Waals surface area contributed by atoms with Crippen molar-refractivity contribution in [2.24, 2.45) is 0 Å². The molecule has 5 heteroatoms. The Labute approximate surface area is 133 Å². The van der Waals surface area contributed by atoms with Gasteiger partial charge in [0.25, 0.3) is 0 Å². The lowest BCUT2D eigenvalue weighted by molar-refractivity contribution is 0.125. The van der Waals surface area contributed by atoms with Gasteiger partial charge in [0.15, 0.2) is 0 Å². The van der Waals surface area contributed by atoms with Gasteiger partial charge in [0.1, 0.15) is 11.4 Å². The van der Waals surface area contributed by atoms with E-state index in [2.05, 4.69) is 30.4 Å². The molecule has 0 aliphatic heterocycles. The maximum atomic E-state index is 5.94. The van der Waals surface area contributed by atoms with Crippen LogP contribution in [-0.2, 0) is 0 Å². The predicted octanol–water partition coefficient (Wildman–Crippen LogP) is 4.17. The third-order valence-electron chi connectivity index (χ3n) is 3.61. The van der Waals surface area contributed by atoms with Crippen LogP contribution < -0.4 is 15.8 Å². The minimum Gasteiger partial charge on any atom is -0.470 e. The van der Waals surface area contributed by atoms with Gasteiger partial charge in [-0.3, -0.25) is 0 Å². The summed E-state index contributed by atoms with van der Waals surface area (Å²) in [4.78, 5) is 4.50. The van der Waals surface area contributed by atoms with Crippen LogP contribution in [0, 0.1) is 0 Å². The molecule has 120 valence electrons. The molecule has 1 aromatic rings. The third kappa shape index (κ3) is 5.30. The highest BCUT2D eigenvalue weighted by atomic mass is 32.2. The van der Waals surface area contributed by atoms with Gasteiger partial charge in [-0.05, 0) is 52.0 Å². The molecule has 0 aliphatic rings. The zero-order valence-electron chi connectivity index (χ0n) is 14.1. The van der Waals surface area contributed by atoms with E-state index in [4.69, 9.17) is 10.5 Å². The zero-order chi connectivity index (χ0) is 16.1. The van der Waals surface area contributed by atoms with E-state index in [1.165, 1.54) is 0 Å². The number of ether oxygens (including phenoxy) is 1. The summed E-state index contributed by atoms with van der Waals surface area (Å²) in [6, 6.07) is 3.75. The van der Waals surface area contributed by atoms with E-state index >= 15 is 0 Å². The molecular weight excluding hydrogens is 282 g/mol. The van der Waals surface area contributed by atoms with Crippen LogP contribution >= 0.6 is 11.8 Å². The largest absolute Gasteiger partial charge is 0.470 e. The Hall–Kier alpha value is -1.10. The van der Waals surface area contributed by atoms with Gasteiger partial charge in [-0.2, -0.15) is 16.7 Å². The fraction of sp³-hybridized carbons (Fsp3) is 0.688. The molecule has 21 heavy (non-hydrogen) atoms. The highest BCUT2D eigenvalue weighted by Crippen LogP contribution is 2.31. The molecule has 0 saturated heterocycles. The maximum absolute atomic E-state index is 5.94. The van der Waals surface area contributed by atoms with Crippen molar-refractivity contribution in [1.29, 1.82) is 0 Å². The van der Waals surface area contributed by atoms with Gasteiger partial charge >= 0.3 is 0 Å². The first-order valence-electron chi connectivity index (χ1n) is 7.50. The summed E-state index contributed by atoms with van der Waals surface area (Å²) >= 11 is 1.91. The monoisotopic (exact) mass is 311 g/mol. The second-order valence-electron chi connectivity index (χ2n) is 6.25. The topological polar surface area (TPSA) is 60.2 Å². The molecule has 3 N–H and O–H groups in total. The number of nitrogens with zero attached hydrogens (tertiary/aromatic N) is 1. The van der Waals surface area contributed by atoms with Gasteiger partial charge < -0.3 is 15.8 Å². The normalized spacial score (nSPS) is 12.3. The minimum absolute atomic E-state index is 0.244. The molecule has 1 aromatic heterocycles. The van der Waals surface area contributed by atoms with E-state index in [1.54, 1.807) is 0 Å². The van der Waals surface area contributed by atoms with Crippen LogP contribution in [0.1, 0.15) is 47.5 Å². The Morgan fingerprint density at radius 1 is 1.24 bits per heavy atom. The summed E-state index contributed by atoms with van der Waals surface area (Å²) < 4.78 is 6.05. The van der Waals surface area contributed by atoms with E-state index in [9.17, 15) is 0 Å². The highest BCUT2D eigenvalue weighted by molar-refractivity contribution is 8.00. The number of nitrogen functional groups attached to an aromatic ring is 1. The van der Waals surface area contributed by atoms with Crippen molar-refractivity contribution in [3.05, 3.63) is 12.1 Å². The lowest BCUT2D eigenvalue weighted by Gasteiger charge is -2.30. The Morgan fingerprint density at radius 3 is 2.33 bits per heavy atom. The van der Waals surface area contributed by atoms with Crippen molar-refractivity contribution in [2.45, 2.75) is 57.8 Å². The van der Waals surface area contributed by atoms with Crippen LogP contribution in [0.2, 0.25) is 0 Å². The summed E-state index contributed by atoms with van der Waals surface area (Å²) in [5.74, 6) is 1.30. The summed E-state index contributed by atoms with van der Waals surface area (Å²) in [7, 11) is 0. The molecule has 0 radical (unpaired) electrons. The number of hydrogen-bond donors (Lipinski definition) is 2. The standard InChI is InChI=1S/C16H29N3OS/c1-7-16(8-2,21-6)11-18-13-10-9-12(17)14(19-13)20-15(3,4)5/h9-10H,7-8,11,17H2,1-6H3,(H,18,19). The van der Waals surface area contributed by atoms with Crippen LogP contribution in [0.25, 0.3) is 0 Å². The SMILES string of the molecule is CCC(CC)(CNc1ccc(N)c(OC(C)(C)C)n1)SC. The van der Waals surface area contributed by atoms with Gasteiger partial charge in [-0.15, -0.1) is 0 Å². The Kier molecular flexibility index (Phi) is 6.20. The summed E-state index contributed by atoms with van der Waals surface area (Å²) in [6.07, 6.45) is 4.41. The molecule has 0 unspecified atom stereocenters. The van der Waals surface area contributed by atoms with Crippen LogP contribution in [0.5, 0.6) is 5.88 Å². The quantitative estimate of drug-likeness (QED) is 0.791. The lowest BCUT2D eigenvalue weighted by Crippen LogP contribution is -2.32. The number of aromatic nitrogens is 1. The molecule has 0 aromatic carbocycles. The number of thioether (sulfide) groups is 1. The predicted molar refractivity (Wildman–Crippen MR) is 94.3 cm³/mol. The molecule has 0 fully saturated rings. The Balaban J connectivity index is 2.83. The van der Waals surface area contributed by atoms with E-state index < -0.39 is 0 Å². The molecule has 4 nitrogen and oxygen atoms in total. The fourth-order valence-electron chi connectivity index (χ4n) is 2.03. The summed E-state index contributed by atoms with van der Waals surface area (Å²) in [5, 5.41) is 3.42. The van der Waals surface area contributed by atoms with Gasteiger partial charge in [-0.25, -0.2) is 0 Å². The first kappa shape index (κ1) is 18.0. The second-order valence-corrected chi connectivity index (χ2v) is 7.53. The van der Waals surface area contributed by atoms with E-state index in [1.807, 2.05) is 44.7 Å². The molecule has 0 bridgehead atoms. The van der Waals surface area contributed by atoms with Gasteiger partial charge in [0.05, 0.1) is 5.69 Å². The Bertz CT molecular complexity index is 445. The number of pyridine rings is 1. The number of anilines is 2. The van der Waals surface area contributed by atoms with Gasteiger partial charge in [0.2, 0.25) is 5.88 Å². The fourth-order valence-corrected chi connectivity index (χ4v) is 2.83. The first-order valence-corrected chi connectivity index (χ1v) is 8.72. The molecule has 0 saturated carbocycles. The third-order valence-corrected chi connectivity index (χ3v) is 5.19. The molecule has 1 heterocycles. The molecule has 0 amide bonds. The van der Waals surface area contributed by atoms with Crippen molar-refractivity contribution < 1.29 is 4.74 Å². The molecule has 0 aliphatic carbocycles. The van der Waals surface area contributed by atoms with Crippen LogP contribution in [0.3, 0.4) is 0 Å². The zero-order valence-corrected chi connectivity index (χ0v) is 14.9. The molecule has 1 rings (SSSR count). The second kappa shape index (κ2) is 7.25. The summed E-state index contributed by atoms with van der Waals surface area (Å²) in [5.41, 5.74) is 6.19. The van der Waals surface area contributed by atoms with Crippen molar-refractivity contribution >= 4 is 23.3 Å². The van der Waals surface area contributed by atoms with E-state index in [0.717, 1.165) is 25.2 Å². The highest BCUT2D eigenvalue weighted by Gasteiger charge is 2.24. The van der Waals surface area contributed by atoms with Crippen LogP contribution in [0.15, 0.2) is 12.1 Å². The van der Waals surface area contributed by atoms with Gasteiger partial charge in [-0.1, -0.05) is 13.8 Å². The van der Waals surface area contributed by atoms with Gasteiger partial charge in [0, 0.05) is 11.3 Å². The van der Waals surface area contributed by atoms with Crippen molar-refractivity contribution in [3.63, 3.8) is 0 Å². The number of nitrogens with two attached hydrogens (primary N) is 1. The first-order chi connectivity index (χ1) is 9.75. The van der Waals surface area contributed by atoms with Crippen molar-refractivity contribution in [3.8, 4) is 5.88 Å². The van der Waals surface area contributed by atoms with E-state index in [-0.39, 0.29) is 10.3 Å². The van der Waals surface area contributed by atoms with E-state index in [0.29, 0.717) is 11.6 Å². The molecule has 0 spiro atoms. The van der Waals surface area contributed by atoms with Crippen LogP contribution in [-0.4, -0.2) is 28.1 Å². The number of rotatable bonds is 7. The average Bonchev–Trinajstić information content (AvgIpc) is 2.43. The maximum Gasteiger partial charge on any atom is 0.239 e. The lowest BCUT2D eigenvalue weighted by atomic mass is 10.0. The Morgan fingerprint density at radius 2 is 1.86 bits per heavy atom. The summed E-state index contributed by atoms with van der Waals surface area (Å²) in [6.45, 7) is 11.3. The van der Waals surface area contributed by atoms with Crippen molar-refractivity contribution in [2.75, 3.05) is 23.9 Å². The molecular formula is C16H29N3OS. The molecule has 0 atom stereocenters. The van der Waals surface area contributed by atoms with Crippen LogP contribution in [0.4, 0.5) is 11.5 Å². The average molecular weight is 311 g/mol. The number of hydrogen-bond acceptors (Lipinski definition) is 5. The van der Waals surface area contributed by atoms with Crippen molar-refractivity contribution in [1.82, 2.24) is 4.98 Å². The number of nitrogens with one attached hydrogen (secondary N) is 1.